The fourth-order valence-electron chi connectivity index (χ4n) is 2.96. The van der Waals surface area contributed by atoms with Crippen molar-refractivity contribution in [3.63, 3.8) is 0 Å². The minimum Gasteiger partial charge on any atom is -0.478 e. The topological polar surface area (TPSA) is 97.2 Å². The number of carbonyl (C=O) groups is 1. The average molecular weight is 464 g/mol. The van der Waals surface area contributed by atoms with Gasteiger partial charge in [0, 0.05) is 6.42 Å². The summed E-state index contributed by atoms with van der Waals surface area (Å²) >= 11 is 11.9. The highest BCUT2D eigenvalue weighted by Crippen LogP contribution is 2.23. The Morgan fingerprint density at radius 3 is 2.42 bits per heavy atom. The van der Waals surface area contributed by atoms with Crippen LogP contribution in [0.5, 0.6) is 5.75 Å². The summed E-state index contributed by atoms with van der Waals surface area (Å²) in [5, 5.41) is 14.4. The van der Waals surface area contributed by atoms with E-state index in [0.29, 0.717) is 34.6 Å². The number of aliphatic carboxylic acids is 1. The molecule has 0 aliphatic heterocycles. The number of aryl methyl sites for hydroxylation is 2. The number of aromatic amines is 1. The van der Waals surface area contributed by atoms with Crippen molar-refractivity contribution in [1.82, 2.24) is 14.8 Å². The fourth-order valence-corrected chi connectivity index (χ4v) is 3.28. The van der Waals surface area contributed by atoms with Crippen LogP contribution < -0.4 is 10.4 Å². The van der Waals surface area contributed by atoms with Crippen molar-refractivity contribution in [2.45, 2.75) is 45.3 Å². The Bertz CT molecular complexity index is 1120. The van der Waals surface area contributed by atoms with Crippen molar-refractivity contribution in [3.8, 4) is 5.75 Å². The summed E-state index contributed by atoms with van der Waals surface area (Å²) in [7, 11) is 0. The molecule has 0 amide bonds. The number of rotatable bonds is 9. The second kappa shape index (κ2) is 9.58. The molecular formula is C22H23Cl2N3O4. The zero-order valence-electron chi connectivity index (χ0n) is 17.2. The molecule has 0 spiro atoms. The van der Waals surface area contributed by atoms with Gasteiger partial charge in [0.2, 0.25) is 0 Å². The van der Waals surface area contributed by atoms with E-state index in [1.54, 1.807) is 30.3 Å². The first-order valence-electron chi connectivity index (χ1n) is 9.75. The van der Waals surface area contributed by atoms with Gasteiger partial charge in [-0.1, -0.05) is 41.4 Å². The number of carboxylic acids is 1. The zero-order chi connectivity index (χ0) is 22.6. The normalized spacial score (nSPS) is 11.5. The molecule has 0 atom stereocenters. The molecule has 0 saturated heterocycles. The predicted octanol–water partition coefficient (Wildman–Crippen LogP) is 4.34. The minimum atomic E-state index is -1.29. The largest absolute Gasteiger partial charge is 0.478 e. The SMILES string of the molecule is CC(C)(Oc1ccc(CCCc2nn(Cc3ccc(Cl)c(Cl)c3)c(=O)[nH]2)cc1)C(=O)O. The zero-order valence-corrected chi connectivity index (χ0v) is 18.7. The van der Waals surface area contributed by atoms with Gasteiger partial charge in [-0.05, 0) is 62.1 Å². The lowest BCUT2D eigenvalue weighted by atomic mass is 10.1. The Kier molecular flexibility index (Phi) is 7.08. The summed E-state index contributed by atoms with van der Waals surface area (Å²) in [4.78, 5) is 26.1. The molecule has 0 aliphatic carbocycles. The van der Waals surface area contributed by atoms with Crippen molar-refractivity contribution < 1.29 is 14.6 Å². The number of nitrogens with one attached hydrogen (secondary N) is 1. The highest BCUT2D eigenvalue weighted by atomic mass is 35.5. The number of hydrogen-bond acceptors (Lipinski definition) is 4. The molecule has 3 aromatic rings. The van der Waals surface area contributed by atoms with Crippen molar-refractivity contribution in [3.05, 3.63) is 79.9 Å². The molecule has 2 aromatic carbocycles. The van der Waals surface area contributed by atoms with E-state index < -0.39 is 11.6 Å². The van der Waals surface area contributed by atoms with Gasteiger partial charge in [-0.25, -0.2) is 14.3 Å². The first kappa shape index (κ1) is 22.9. The van der Waals surface area contributed by atoms with Gasteiger partial charge in [-0.2, -0.15) is 5.10 Å². The second-order valence-electron chi connectivity index (χ2n) is 7.70. The molecule has 1 heterocycles. The minimum absolute atomic E-state index is 0.274. The van der Waals surface area contributed by atoms with Gasteiger partial charge >= 0.3 is 11.7 Å². The predicted molar refractivity (Wildman–Crippen MR) is 119 cm³/mol. The van der Waals surface area contributed by atoms with Crippen molar-refractivity contribution in [1.29, 1.82) is 0 Å². The summed E-state index contributed by atoms with van der Waals surface area (Å²) in [5.41, 5.74) is 0.355. The van der Waals surface area contributed by atoms with Crippen molar-refractivity contribution >= 4 is 29.2 Å². The van der Waals surface area contributed by atoms with Gasteiger partial charge in [0.25, 0.3) is 0 Å². The molecule has 31 heavy (non-hydrogen) atoms. The van der Waals surface area contributed by atoms with E-state index in [-0.39, 0.29) is 5.69 Å². The third-order valence-corrected chi connectivity index (χ3v) is 5.47. The van der Waals surface area contributed by atoms with Crippen LogP contribution in [0, 0.1) is 0 Å². The highest BCUT2D eigenvalue weighted by Gasteiger charge is 2.29. The first-order chi connectivity index (χ1) is 14.6. The number of H-pyrrole nitrogens is 1. The molecule has 0 unspecified atom stereocenters. The monoisotopic (exact) mass is 463 g/mol. The number of hydrogen-bond donors (Lipinski definition) is 2. The molecule has 2 N–H and O–H groups in total. The van der Waals surface area contributed by atoms with Gasteiger partial charge in [0.15, 0.2) is 5.60 Å². The summed E-state index contributed by atoms with van der Waals surface area (Å²) < 4.78 is 6.87. The van der Waals surface area contributed by atoms with E-state index in [1.165, 1.54) is 18.5 Å². The van der Waals surface area contributed by atoms with E-state index in [0.717, 1.165) is 24.0 Å². The van der Waals surface area contributed by atoms with Gasteiger partial charge in [0.1, 0.15) is 11.6 Å². The van der Waals surface area contributed by atoms with Gasteiger partial charge in [-0.15, -0.1) is 0 Å². The van der Waals surface area contributed by atoms with Gasteiger partial charge in [-0.3, -0.25) is 4.98 Å². The standard InChI is InChI=1S/C22H23Cl2N3O4/c1-22(2,20(28)29)31-16-9-6-14(7-10-16)4-3-5-19-25-21(30)27(26-19)13-15-8-11-17(23)18(24)12-15/h6-12H,3-5,13H2,1-2H3,(H,28,29)(H,25,26,30). The summed E-state index contributed by atoms with van der Waals surface area (Å²) in [6.45, 7) is 3.32. The summed E-state index contributed by atoms with van der Waals surface area (Å²) in [5.74, 6) is 0.0962. The average Bonchev–Trinajstić information content (AvgIpc) is 3.05. The number of ether oxygens (including phenoxy) is 1. The van der Waals surface area contributed by atoms with Crippen molar-refractivity contribution in [2.75, 3.05) is 0 Å². The Labute approximate surface area is 189 Å². The number of nitrogens with zero attached hydrogens (tertiary/aromatic N) is 2. The lowest BCUT2D eigenvalue weighted by molar-refractivity contribution is -0.152. The van der Waals surface area contributed by atoms with E-state index in [9.17, 15) is 9.59 Å². The molecule has 7 nitrogen and oxygen atoms in total. The van der Waals surface area contributed by atoms with Crippen LogP contribution in [0.25, 0.3) is 0 Å². The van der Waals surface area contributed by atoms with E-state index in [2.05, 4.69) is 10.1 Å². The molecule has 0 aliphatic rings. The molecule has 1 aromatic heterocycles. The quantitative estimate of drug-likeness (QED) is 0.491. The maximum absolute atomic E-state index is 12.2. The number of carboxylic acid groups (broad SMARTS) is 1. The molecule has 0 saturated carbocycles. The number of aromatic nitrogens is 3. The Balaban J connectivity index is 1.54. The second-order valence-corrected chi connectivity index (χ2v) is 8.51. The van der Waals surface area contributed by atoms with Crippen LogP contribution in [0.15, 0.2) is 47.3 Å². The molecule has 0 radical (unpaired) electrons. The highest BCUT2D eigenvalue weighted by molar-refractivity contribution is 6.42. The Hall–Kier alpha value is -2.77. The van der Waals surface area contributed by atoms with Gasteiger partial charge in [0.05, 0.1) is 16.6 Å². The Morgan fingerprint density at radius 2 is 1.77 bits per heavy atom. The molecule has 9 heteroatoms. The molecule has 164 valence electrons. The molecule has 0 bridgehead atoms. The maximum Gasteiger partial charge on any atom is 0.347 e. The smallest absolute Gasteiger partial charge is 0.347 e. The lowest BCUT2D eigenvalue weighted by Crippen LogP contribution is -2.37. The van der Waals surface area contributed by atoms with Gasteiger partial charge < -0.3 is 9.84 Å². The van der Waals surface area contributed by atoms with E-state index >= 15 is 0 Å². The fraction of sp³-hybridized carbons (Fsp3) is 0.318. The van der Waals surface area contributed by atoms with E-state index in [4.69, 9.17) is 33.0 Å². The molecule has 3 rings (SSSR count). The van der Waals surface area contributed by atoms with Crippen molar-refractivity contribution in [2.24, 2.45) is 0 Å². The molecule has 0 fully saturated rings. The van der Waals surface area contributed by atoms with Crippen LogP contribution in [-0.4, -0.2) is 31.4 Å². The Morgan fingerprint density at radius 1 is 1.10 bits per heavy atom. The van der Waals surface area contributed by atoms with Crippen LogP contribution in [0.2, 0.25) is 10.0 Å². The summed E-state index contributed by atoms with van der Waals surface area (Å²) in [6.07, 6.45) is 2.19. The first-order valence-corrected chi connectivity index (χ1v) is 10.5. The maximum atomic E-state index is 12.2. The lowest BCUT2D eigenvalue weighted by Gasteiger charge is -2.21. The number of benzene rings is 2. The van der Waals surface area contributed by atoms with Crippen LogP contribution in [0.4, 0.5) is 0 Å². The van der Waals surface area contributed by atoms with Crippen LogP contribution in [-0.2, 0) is 24.2 Å². The van der Waals surface area contributed by atoms with Crippen LogP contribution in [0.1, 0.15) is 37.2 Å². The third-order valence-electron chi connectivity index (χ3n) is 4.73. The summed E-state index contributed by atoms with van der Waals surface area (Å²) in [6, 6.07) is 12.5. The van der Waals surface area contributed by atoms with E-state index in [1.807, 2.05) is 12.1 Å². The van der Waals surface area contributed by atoms with Crippen LogP contribution in [0.3, 0.4) is 0 Å². The number of halogens is 2. The molecular weight excluding hydrogens is 441 g/mol. The van der Waals surface area contributed by atoms with Crippen LogP contribution >= 0.6 is 23.2 Å². The third kappa shape index (κ3) is 6.12.